The third-order valence-corrected chi connectivity index (χ3v) is 5.54. The molecule has 4 heterocycles. The predicted octanol–water partition coefficient (Wildman–Crippen LogP) is 1.34. The molecular weight excluding hydrogens is 360 g/mol. The third-order valence-electron chi connectivity index (χ3n) is 5.54. The number of fused-ring (bicyclic) bond motifs is 2. The molecule has 1 fully saturated rings. The summed E-state index contributed by atoms with van der Waals surface area (Å²) in [6.07, 6.45) is 2.72. The molecule has 1 aromatic carbocycles. The van der Waals surface area contributed by atoms with Crippen LogP contribution in [0.5, 0.6) is 11.5 Å². The zero-order chi connectivity index (χ0) is 19.1. The fourth-order valence-electron chi connectivity index (χ4n) is 4.04. The summed E-state index contributed by atoms with van der Waals surface area (Å²) in [5.74, 6) is 1.79. The molecule has 146 valence electrons. The van der Waals surface area contributed by atoms with Crippen molar-refractivity contribution in [3.63, 3.8) is 0 Å². The van der Waals surface area contributed by atoms with Gasteiger partial charge in [0.05, 0.1) is 12.2 Å². The van der Waals surface area contributed by atoms with Gasteiger partial charge in [-0.3, -0.25) is 14.6 Å². The first-order valence-corrected chi connectivity index (χ1v) is 9.75. The maximum Gasteiger partial charge on any atom is 0.255 e. The predicted molar refractivity (Wildman–Crippen MR) is 102 cm³/mol. The van der Waals surface area contributed by atoms with E-state index in [-0.39, 0.29) is 11.5 Å². The lowest BCUT2D eigenvalue weighted by atomic mass is 10.0. The van der Waals surface area contributed by atoms with E-state index in [1.807, 2.05) is 0 Å². The number of aromatic nitrogens is 2. The number of nitrogens with zero attached hydrogens (tertiary/aromatic N) is 3. The molecule has 2 aromatic rings. The molecule has 8 nitrogen and oxygen atoms in total. The molecule has 0 saturated carbocycles. The van der Waals surface area contributed by atoms with Crippen LogP contribution in [0.3, 0.4) is 0 Å². The van der Waals surface area contributed by atoms with E-state index in [9.17, 15) is 9.59 Å². The molecule has 0 radical (unpaired) electrons. The molecule has 1 aromatic heterocycles. The van der Waals surface area contributed by atoms with Crippen LogP contribution in [-0.4, -0.2) is 53.6 Å². The van der Waals surface area contributed by atoms with E-state index in [2.05, 4.69) is 14.9 Å². The monoisotopic (exact) mass is 382 g/mol. The van der Waals surface area contributed by atoms with Crippen LogP contribution in [0.2, 0.25) is 0 Å². The quantitative estimate of drug-likeness (QED) is 0.843. The first-order valence-electron chi connectivity index (χ1n) is 9.75. The number of hydrogen-bond acceptors (Lipinski definition) is 6. The second-order valence-electron chi connectivity index (χ2n) is 7.34. The zero-order valence-electron chi connectivity index (χ0n) is 15.6. The number of H-pyrrole nitrogens is 1. The Morgan fingerprint density at radius 1 is 1.07 bits per heavy atom. The van der Waals surface area contributed by atoms with Gasteiger partial charge >= 0.3 is 0 Å². The Morgan fingerprint density at radius 3 is 2.68 bits per heavy atom. The van der Waals surface area contributed by atoms with Crippen molar-refractivity contribution in [1.29, 1.82) is 0 Å². The number of amides is 1. The Hall–Kier alpha value is -3.03. The highest BCUT2D eigenvalue weighted by Crippen LogP contribution is 2.31. The second kappa shape index (κ2) is 6.85. The van der Waals surface area contributed by atoms with Crippen molar-refractivity contribution in [3.8, 4) is 11.5 Å². The summed E-state index contributed by atoms with van der Waals surface area (Å²) in [6, 6.07) is 5.26. The molecule has 0 spiro atoms. The van der Waals surface area contributed by atoms with Crippen LogP contribution in [0, 0.1) is 0 Å². The van der Waals surface area contributed by atoms with Gasteiger partial charge in [0.15, 0.2) is 11.5 Å². The van der Waals surface area contributed by atoms with Gasteiger partial charge in [0.1, 0.15) is 13.2 Å². The van der Waals surface area contributed by atoms with Crippen LogP contribution < -0.4 is 19.9 Å². The Morgan fingerprint density at radius 2 is 1.86 bits per heavy atom. The van der Waals surface area contributed by atoms with Gasteiger partial charge in [-0.2, -0.15) is 0 Å². The summed E-state index contributed by atoms with van der Waals surface area (Å²) in [6.45, 7) is 3.64. The van der Waals surface area contributed by atoms with Crippen molar-refractivity contribution in [2.45, 2.75) is 25.8 Å². The summed E-state index contributed by atoms with van der Waals surface area (Å²) in [5.41, 5.74) is 1.85. The molecule has 1 amide bonds. The number of ether oxygens (including phenoxy) is 2. The molecule has 8 heteroatoms. The minimum absolute atomic E-state index is 0.0849. The first-order chi connectivity index (χ1) is 13.7. The number of nitrogens with one attached hydrogen (secondary N) is 1. The molecule has 0 atom stereocenters. The van der Waals surface area contributed by atoms with Crippen molar-refractivity contribution in [2.75, 3.05) is 37.7 Å². The van der Waals surface area contributed by atoms with Crippen LogP contribution in [0.4, 0.5) is 5.95 Å². The third kappa shape index (κ3) is 2.98. The number of carbonyl (C=O) groups excluding carboxylic acids is 1. The Labute approximate surface area is 162 Å². The van der Waals surface area contributed by atoms with Gasteiger partial charge in [-0.25, -0.2) is 4.98 Å². The van der Waals surface area contributed by atoms with Crippen LogP contribution in [0.1, 0.15) is 34.5 Å². The maximum absolute atomic E-state index is 13.0. The van der Waals surface area contributed by atoms with E-state index < -0.39 is 0 Å². The number of hydrogen-bond donors (Lipinski definition) is 1. The SMILES string of the molecule is O=C(c1ccc2c(c1)OCCO2)N1CCc2c(nc(N3CCCC3)[nH]c2=O)C1. The van der Waals surface area contributed by atoms with Crippen molar-refractivity contribution >= 4 is 11.9 Å². The van der Waals surface area contributed by atoms with E-state index in [1.165, 1.54) is 0 Å². The molecular formula is C20H22N4O4. The van der Waals surface area contributed by atoms with Crippen LogP contribution >= 0.6 is 0 Å². The Balaban J connectivity index is 1.40. The summed E-state index contributed by atoms with van der Waals surface area (Å²) in [4.78, 5) is 37.0. The average molecular weight is 382 g/mol. The number of benzene rings is 1. The van der Waals surface area contributed by atoms with Gasteiger partial charge in [-0.15, -0.1) is 0 Å². The topological polar surface area (TPSA) is 87.8 Å². The van der Waals surface area contributed by atoms with Gasteiger partial charge < -0.3 is 19.3 Å². The number of carbonyl (C=O) groups is 1. The summed E-state index contributed by atoms with van der Waals surface area (Å²) in [7, 11) is 0. The lowest BCUT2D eigenvalue weighted by Crippen LogP contribution is -2.40. The minimum atomic E-state index is -0.0903. The van der Waals surface area contributed by atoms with Gasteiger partial charge in [0.25, 0.3) is 11.5 Å². The number of aromatic amines is 1. The molecule has 1 N–H and O–H groups in total. The van der Waals surface area contributed by atoms with Gasteiger partial charge in [0, 0.05) is 30.8 Å². The molecule has 1 saturated heterocycles. The van der Waals surface area contributed by atoms with Gasteiger partial charge in [0.2, 0.25) is 5.95 Å². The van der Waals surface area contributed by atoms with Crippen molar-refractivity contribution < 1.29 is 14.3 Å². The van der Waals surface area contributed by atoms with E-state index in [1.54, 1.807) is 23.1 Å². The van der Waals surface area contributed by atoms with Gasteiger partial charge in [-0.1, -0.05) is 0 Å². The highest BCUT2D eigenvalue weighted by molar-refractivity contribution is 5.95. The lowest BCUT2D eigenvalue weighted by Gasteiger charge is -2.29. The van der Waals surface area contributed by atoms with E-state index in [0.29, 0.717) is 67.0 Å². The summed E-state index contributed by atoms with van der Waals surface area (Å²) < 4.78 is 11.1. The van der Waals surface area contributed by atoms with E-state index >= 15 is 0 Å². The molecule has 3 aliphatic heterocycles. The van der Waals surface area contributed by atoms with E-state index in [4.69, 9.17) is 9.47 Å². The summed E-state index contributed by atoms with van der Waals surface area (Å²) in [5, 5.41) is 0. The molecule has 0 bridgehead atoms. The van der Waals surface area contributed by atoms with E-state index in [0.717, 1.165) is 25.9 Å². The number of rotatable bonds is 2. The van der Waals surface area contributed by atoms with Crippen molar-refractivity contribution in [2.24, 2.45) is 0 Å². The fraction of sp³-hybridized carbons (Fsp3) is 0.450. The zero-order valence-corrected chi connectivity index (χ0v) is 15.6. The average Bonchev–Trinajstić information content (AvgIpc) is 3.27. The normalized spacial score (nSPS) is 18.1. The Kier molecular flexibility index (Phi) is 4.18. The lowest BCUT2D eigenvalue weighted by molar-refractivity contribution is 0.0730. The molecule has 28 heavy (non-hydrogen) atoms. The number of anilines is 1. The second-order valence-corrected chi connectivity index (χ2v) is 7.34. The molecule has 5 rings (SSSR count). The summed E-state index contributed by atoms with van der Waals surface area (Å²) >= 11 is 0. The molecule has 0 unspecified atom stereocenters. The van der Waals surface area contributed by atoms with Crippen molar-refractivity contribution in [3.05, 3.63) is 45.4 Å². The first kappa shape index (κ1) is 17.1. The minimum Gasteiger partial charge on any atom is -0.486 e. The maximum atomic E-state index is 13.0. The van der Waals surface area contributed by atoms with Crippen molar-refractivity contribution in [1.82, 2.24) is 14.9 Å². The Bertz CT molecular complexity index is 981. The highest BCUT2D eigenvalue weighted by atomic mass is 16.6. The smallest absolute Gasteiger partial charge is 0.255 e. The standard InChI is InChI=1S/C20H22N4O4/c25-18-14-5-8-24(12-15(14)21-20(22-18)23-6-1-2-7-23)19(26)13-3-4-16-17(11-13)28-10-9-27-16/h3-4,11H,1-2,5-10,12H2,(H,21,22,25). The highest BCUT2D eigenvalue weighted by Gasteiger charge is 2.27. The largest absolute Gasteiger partial charge is 0.486 e. The van der Waals surface area contributed by atoms with Gasteiger partial charge in [-0.05, 0) is 37.5 Å². The van der Waals surface area contributed by atoms with Crippen LogP contribution in [0.15, 0.2) is 23.0 Å². The van der Waals surface area contributed by atoms with Crippen LogP contribution in [-0.2, 0) is 13.0 Å². The molecule has 3 aliphatic rings. The fourth-order valence-corrected chi connectivity index (χ4v) is 4.04. The molecule has 0 aliphatic carbocycles. The van der Waals surface area contributed by atoms with Crippen LogP contribution in [0.25, 0.3) is 0 Å².